The third-order valence-electron chi connectivity index (χ3n) is 3.93. The lowest BCUT2D eigenvalue weighted by Crippen LogP contribution is -2.48. The van der Waals surface area contributed by atoms with Gasteiger partial charge in [0.25, 0.3) is 0 Å². The van der Waals surface area contributed by atoms with Gasteiger partial charge in [0.15, 0.2) is 0 Å². The largest absolute Gasteiger partial charge is 0.492 e. The number of carbonyl (C=O) groups is 1. The molecule has 25 heavy (non-hydrogen) atoms. The molecule has 1 atom stereocenters. The first-order valence-corrected chi connectivity index (χ1v) is 8.30. The Bertz CT molecular complexity index is 479. The molecule has 0 bridgehead atoms. The van der Waals surface area contributed by atoms with Crippen LogP contribution in [0.1, 0.15) is 13.8 Å². The van der Waals surface area contributed by atoms with Crippen LogP contribution in [-0.2, 0) is 9.53 Å². The second kappa shape index (κ2) is 13.2. The predicted molar refractivity (Wildman–Crippen MR) is 105 cm³/mol. The fourth-order valence-electron chi connectivity index (χ4n) is 2.43. The number of anilines is 1. The summed E-state index contributed by atoms with van der Waals surface area (Å²) in [7, 11) is 0. The minimum atomic E-state index is -0.284. The number of nitrogens with zero attached hydrogens (tertiary/aromatic N) is 1. The molecular formula is C17H29Cl2N3O3. The quantitative estimate of drug-likeness (QED) is 0.708. The van der Waals surface area contributed by atoms with Crippen LogP contribution < -0.4 is 15.4 Å². The number of halogens is 2. The first kappa shape index (κ1) is 23.9. The SMILES string of the molecule is CCN(CC)CCOc1ccc(NC(=O)C2COCCN2)cc1.Cl.Cl. The second-order valence-electron chi connectivity index (χ2n) is 5.47. The van der Waals surface area contributed by atoms with Gasteiger partial charge in [-0.05, 0) is 37.4 Å². The van der Waals surface area contributed by atoms with E-state index in [-0.39, 0.29) is 36.8 Å². The Balaban J connectivity index is 0.00000288. The van der Waals surface area contributed by atoms with Gasteiger partial charge in [0.05, 0.1) is 13.2 Å². The molecule has 144 valence electrons. The van der Waals surface area contributed by atoms with Crippen LogP contribution in [0.2, 0.25) is 0 Å². The molecule has 0 saturated carbocycles. The molecule has 1 amide bonds. The Hall–Kier alpha value is -1.05. The summed E-state index contributed by atoms with van der Waals surface area (Å²) in [6, 6.07) is 7.18. The van der Waals surface area contributed by atoms with Crippen molar-refractivity contribution in [2.24, 2.45) is 0 Å². The lowest BCUT2D eigenvalue weighted by atomic mass is 10.2. The molecular weight excluding hydrogens is 365 g/mol. The zero-order valence-electron chi connectivity index (χ0n) is 14.8. The van der Waals surface area contributed by atoms with E-state index in [1.165, 1.54) is 0 Å². The van der Waals surface area contributed by atoms with E-state index >= 15 is 0 Å². The number of likely N-dealkylation sites (N-methyl/N-ethyl adjacent to an activating group) is 1. The molecule has 0 spiro atoms. The van der Waals surface area contributed by atoms with E-state index < -0.39 is 0 Å². The van der Waals surface area contributed by atoms with E-state index in [4.69, 9.17) is 9.47 Å². The van der Waals surface area contributed by atoms with E-state index in [2.05, 4.69) is 29.4 Å². The Labute approximate surface area is 162 Å². The molecule has 1 saturated heterocycles. The van der Waals surface area contributed by atoms with Crippen LogP contribution in [0.3, 0.4) is 0 Å². The maximum Gasteiger partial charge on any atom is 0.243 e. The van der Waals surface area contributed by atoms with Gasteiger partial charge in [0, 0.05) is 18.8 Å². The number of ether oxygens (including phenoxy) is 2. The first-order chi connectivity index (χ1) is 11.2. The summed E-state index contributed by atoms with van der Waals surface area (Å²) >= 11 is 0. The lowest BCUT2D eigenvalue weighted by molar-refractivity contribution is -0.120. The van der Waals surface area contributed by atoms with Crippen LogP contribution >= 0.6 is 24.8 Å². The monoisotopic (exact) mass is 393 g/mol. The number of rotatable bonds is 8. The highest BCUT2D eigenvalue weighted by Crippen LogP contribution is 2.16. The van der Waals surface area contributed by atoms with Crippen LogP contribution in [0.5, 0.6) is 5.75 Å². The third-order valence-corrected chi connectivity index (χ3v) is 3.93. The molecule has 1 aromatic carbocycles. The van der Waals surface area contributed by atoms with Gasteiger partial charge in [-0.25, -0.2) is 0 Å². The predicted octanol–water partition coefficient (Wildman–Crippen LogP) is 2.18. The molecule has 1 aliphatic heterocycles. The molecule has 1 fully saturated rings. The first-order valence-electron chi connectivity index (χ1n) is 8.30. The maximum atomic E-state index is 12.1. The van der Waals surface area contributed by atoms with Crippen LogP contribution in [0.15, 0.2) is 24.3 Å². The molecule has 1 heterocycles. The minimum absolute atomic E-state index is 0. The fourth-order valence-corrected chi connectivity index (χ4v) is 2.43. The Morgan fingerprint density at radius 2 is 1.96 bits per heavy atom. The zero-order chi connectivity index (χ0) is 16.5. The van der Waals surface area contributed by atoms with E-state index in [9.17, 15) is 4.79 Å². The Morgan fingerprint density at radius 3 is 2.52 bits per heavy atom. The van der Waals surface area contributed by atoms with Crippen LogP contribution in [-0.4, -0.2) is 62.8 Å². The van der Waals surface area contributed by atoms with Crippen molar-refractivity contribution in [1.82, 2.24) is 10.2 Å². The Kier molecular flexibility index (Phi) is 12.6. The number of hydrogen-bond donors (Lipinski definition) is 2. The van der Waals surface area contributed by atoms with Gasteiger partial charge in [0.2, 0.25) is 5.91 Å². The molecule has 0 radical (unpaired) electrons. The van der Waals surface area contributed by atoms with Crippen molar-refractivity contribution in [3.8, 4) is 5.75 Å². The highest BCUT2D eigenvalue weighted by Gasteiger charge is 2.20. The van der Waals surface area contributed by atoms with Crippen LogP contribution in [0.4, 0.5) is 5.69 Å². The molecule has 0 aromatic heterocycles. The second-order valence-corrected chi connectivity index (χ2v) is 5.47. The van der Waals surface area contributed by atoms with Gasteiger partial charge >= 0.3 is 0 Å². The van der Waals surface area contributed by atoms with Crippen LogP contribution in [0, 0.1) is 0 Å². The number of benzene rings is 1. The normalized spacial score (nSPS) is 16.5. The van der Waals surface area contributed by atoms with Crippen molar-refractivity contribution < 1.29 is 14.3 Å². The molecule has 1 aliphatic rings. The maximum absolute atomic E-state index is 12.1. The van der Waals surface area contributed by atoms with Gasteiger partial charge in [-0.3, -0.25) is 4.79 Å². The van der Waals surface area contributed by atoms with E-state index in [1.807, 2.05) is 24.3 Å². The zero-order valence-corrected chi connectivity index (χ0v) is 16.5. The van der Waals surface area contributed by atoms with Crippen molar-refractivity contribution >= 4 is 36.4 Å². The topological polar surface area (TPSA) is 62.8 Å². The molecule has 8 heteroatoms. The highest BCUT2D eigenvalue weighted by molar-refractivity contribution is 5.95. The van der Waals surface area contributed by atoms with Gasteiger partial charge < -0.3 is 25.0 Å². The molecule has 2 rings (SSSR count). The van der Waals surface area contributed by atoms with Gasteiger partial charge in [-0.1, -0.05) is 13.8 Å². The van der Waals surface area contributed by atoms with Gasteiger partial charge in [0.1, 0.15) is 18.4 Å². The Morgan fingerprint density at radius 1 is 1.28 bits per heavy atom. The summed E-state index contributed by atoms with van der Waals surface area (Å²) in [5, 5.41) is 6.02. The van der Waals surface area contributed by atoms with Crippen molar-refractivity contribution in [2.45, 2.75) is 19.9 Å². The van der Waals surface area contributed by atoms with Crippen molar-refractivity contribution in [3.63, 3.8) is 0 Å². The number of carbonyl (C=O) groups excluding carboxylic acids is 1. The molecule has 6 nitrogen and oxygen atoms in total. The summed E-state index contributed by atoms with van der Waals surface area (Å²) < 4.78 is 11.0. The summed E-state index contributed by atoms with van der Waals surface area (Å²) in [6.07, 6.45) is 0. The van der Waals surface area contributed by atoms with E-state index in [0.29, 0.717) is 26.4 Å². The fraction of sp³-hybridized carbons (Fsp3) is 0.588. The van der Waals surface area contributed by atoms with Gasteiger partial charge in [-0.2, -0.15) is 0 Å². The van der Waals surface area contributed by atoms with Crippen LogP contribution in [0.25, 0.3) is 0 Å². The third kappa shape index (κ3) is 8.25. The summed E-state index contributed by atoms with van der Waals surface area (Å²) in [5.74, 6) is 0.745. The number of amides is 1. The summed E-state index contributed by atoms with van der Waals surface area (Å²) in [6.45, 7) is 9.71. The number of nitrogens with one attached hydrogen (secondary N) is 2. The summed E-state index contributed by atoms with van der Waals surface area (Å²) in [5.41, 5.74) is 0.762. The summed E-state index contributed by atoms with van der Waals surface area (Å²) in [4.78, 5) is 14.4. The van der Waals surface area contributed by atoms with E-state index in [1.54, 1.807) is 0 Å². The smallest absolute Gasteiger partial charge is 0.243 e. The van der Waals surface area contributed by atoms with Crippen molar-refractivity contribution in [3.05, 3.63) is 24.3 Å². The number of hydrogen-bond acceptors (Lipinski definition) is 5. The highest BCUT2D eigenvalue weighted by atomic mass is 35.5. The minimum Gasteiger partial charge on any atom is -0.492 e. The van der Waals surface area contributed by atoms with Gasteiger partial charge in [-0.15, -0.1) is 24.8 Å². The molecule has 0 aliphatic carbocycles. The van der Waals surface area contributed by atoms with Crippen molar-refractivity contribution in [2.75, 3.05) is 51.3 Å². The molecule has 1 aromatic rings. The molecule has 2 N–H and O–H groups in total. The standard InChI is InChI=1S/C17H27N3O3.2ClH/c1-3-20(4-2)10-12-23-15-7-5-14(6-8-15)19-17(21)16-13-22-11-9-18-16;;/h5-8,16,18H,3-4,9-13H2,1-2H3,(H,19,21);2*1H. The average Bonchev–Trinajstić information content (AvgIpc) is 2.61. The lowest BCUT2D eigenvalue weighted by Gasteiger charge is -2.22. The number of morpholine rings is 1. The van der Waals surface area contributed by atoms with E-state index in [0.717, 1.165) is 31.1 Å². The average molecular weight is 394 g/mol. The molecule has 1 unspecified atom stereocenters. The van der Waals surface area contributed by atoms with Crippen molar-refractivity contribution in [1.29, 1.82) is 0 Å².